The van der Waals surface area contributed by atoms with E-state index in [1.54, 1.807) is 0 Å². The fourth-order valence-electron chi connectivity index (χ4n) is 10.7. The van der Waals surface area contributed by atoms with Crippen LogP contribution in [0.2, 0.25) is 0 Å². The molecule has 35 heavy (non-hydrogen) atoms. The molecule has 0 radical (unpaired) electrons. The summed E-state index contributed by atoms with van der Waals surface area (Å²) in [6.45, 7) is 20.9. The van der Waals surface area contributed by atoms with Gasteiger partial charge in [0.15, 0.2) is 5.78 Å². The third kappa shape index (κ3) is 3.34. The number of hydrogen-bond acceptors (Lipinski definition) is 3. The first-order valence-electron chi connectivity index (χ1n) is 14.4. The van der Waals surface area contributed by atoms with E-state index in [-0.39, 0.29) is 39.7 Å². The number of esters is 1. The Balaban J connectivity index is 1.58. The van der Waals surface area contributed by atoms with Crippen molar-refractivity contribution in [3.8, 4) is 0 Å². The second-order valence-corrected chi connectivity index (χ2v) is 15.8. The average Bonchev–Trinajstić information content (AvgIpc) is 2.72. The second-order valence-electron chi connectivity index (χ2n) is 15.8. The number of ether oxygens (including phenoxy) is 1. The van der Waals surface area contributed by atoms with Gasteiger partial charge in [-0.15, -0.1) is 0 Å². The SMILES string of the molecule is CC(=O)OC1CCC2(C)C(CCC3(C)C2C(=O)C=C2C4CC(C)(C)CCC4(C)CCC23C)C1(C)C. The van der Waals surface area contributed by atoms with Crippen molar-refractivity contribution in [1.82, 2.24) is 0 Å². The summed E-state index contributed by atoms with van der Waals surface area (Å²) in [5.74, 6) is 1.20. The largest absolute Gasteiger partial charge is 0.462 e. The van der Waals surface area contributed by atoms with Gasteiger partial charge in [0.25, 0.3) is 0 Å². The Bertz CT molecular complexity index is 973. The number of ketones is 1. The molecular weight excluding hydrogens is 432 g/mol. The molecule has 5 aliphatic rings. The first-order valence-corrected chi connectivity index (χ1v) is 14.4. The molecule has 8 unspecified atom stereocenters. The maximum atomic E-state index is 14.3. The highest BCUT2D eigenvalue weighted by Gasteiger charge is 2.70. The monoisotopic (exact) mass is 482 g/mol. The molecule has 5 aliphatic carbocycles. The van der Waals surface area contributed by atoms with Gasteiger partial charge in [0.1, 0.15) is 6.10 Å². The fourth-order valence-corrected chi connectivity index (χ4v) is 10.7. The predicted molar refractivity (Wildman–Crippen MR) is 141 cm³/mol. The molecule has 0 heterocycles. The molecule has 0 aliphatic heterocycles. The van der Waals surface area contributed by atoms with Gasteiger partial charge in [-0.05, 0) is 103 Å². The van der Waals surface area contributed by atoms with Crippen molar-refractivity contribution >= 4 is 11.8 Å². The number of allylic oxidation sites excluding steroid dienone is 2. The zero-order chi connectivity index (χ0) is 25.8. The van der Waals surface area contributed by atoms with Crippen LogP contribution in [0, 0.1) is 50.2 Å². The van der Waals surface area contributed by atoms with Crippen LogP contribution in [0.5, 0.6) is 0 Å². The van der Waals surface area contributed by atoms with E-state index in [0.29, 0.717) is 28.4 Å². The van der Waals surface area contributed by atoms with Gasteiger partial charge in [0.05, 0.1) is 0 Å². The van der Waals surface area contributed by atoms with Crippen LogP contribution < -0.4 is 0 Å². The molecule has 0 aromatic carbocycles. The molecule has 0 aromatic heterocycles. The highest BCUT2D eigenvalue weighted by molar-refractivity contribution is 5.95. The topological polar surface area (TPSA) is 43.4 Å². The van der Waals surface area contributed by atoms with Crippen molar-refractivity contribution in [3.63, 3.8) is 0 Å². The number of carbonyl (C=O) groups excluding carboxylic acids is 2. The van der Waals surface area contributed by atoms with Crippen molar-refractivity contribution in [3.05, 3.63) is 11.6 Å². The van der Waals surface area contributed by atoms with E-state index in [2.05, 4.69) is 61.5 Å². The minimum absolute atomic E-state index is 0.00726. The Morgan fingerprint density at radius 1 is 0.886 bits per heavy atom. The first kappa shape index (κ1) is 25.5. The summed E-state index contributed by atoms with van der Waals surface area (Å²) in [4.78, 5) is 26.2. The number of fused-ring (bicyclic) bond motifs is 7. The molecule has 0 amide bonds. The zero-order valence-electron chi connectivity index (χ0n) is 24.0. The first-order chi connectivity index (χ1) is 16.0. The number of rotatable bonds is 1. The van der Waals surface area contributed by atoms with Gasteiger partial charge < -0.3 is 4.74 Å². The van der Waals surface area contributed by atoms with Crippen molar-refractivity contribution in [2.45, 2.75) is 126 Å². The second kappa shape index (κ2) is 7.47. The van der Waals surface area contributed by atoms with E-state index in [4.69, 9.17) is 4.74 Å². The lowest BCUT2D eigenvalue weighted by Gasteiger charge is -2.70. The Kier molecular flexibility index (Phi) is 5.45. The van der Waals surface area contributed by atoms with Crippen molar-refractivity contribution in [1.29, 1.82) is 0 Å². The molecule has 3 nitrogen and oxygen atoms in total. The highest BCUT2D eigenvalue weighted by atomic mass is 16.5. The minimum Gasteiger partial charge on any atom is -0.462 e. The van der Waals surface area contributed by atoms with E-state index in [1.807, 2.05) is 0 Å². The summed E-state index contributed by atoms with van der Waals surface area (Å²) in [6, 6.07) is 0. The van der Waals surface area contributed by atoms with Crippen LogP contribution in [0.4, 0.5) is 0 Å². The van der Waals surface area contributed by atoms with Crippen LogP contribution in [0.15, 0.2) is 11.6 Å². The molecule has 4 saturated carbocycles. The number of carbonyl (C=O) groups is 2. The summed E-state index contributed by atoms with van der Waals surface area (Å²) < 4.78 is 5.85. The maximum Gasteiger partial charge on any atom is 0.302 e. The van der Waals surface area contributed by atoms with Gasteiger partial charge in [-0.1, -0.05) is 61.0 Å². The quantitative estimate of drug-likeness (QED) is 0.357. The predicted octanol–water partition coefficient (Wildman–Crippen LogP) is 7.92. The van der Waals surface area contributed by atoms with Gasteiger partial charge in [-0.25, -0.2) is 0 Å². The van der Waals surface area contributed by atoms with Crippen molar-refractivity contribution in [2.24, 2.45) is 50.2 Å². The highest BCUT2D eigenvalue weighted by Crippen LogP contribution is 2.75. The van der Waals surface area contributed by atoms with Crippen LogP contribution in [-0.4, -0.2) is 17.9 Å². The van der Waals surface area contributed by atoms with Crippen molar-refractivity contribution in [2.75, 3.05) is 0 Å². The summed E-state index contributed by atoms with van der Waals surface area (Å²) in [7, 11) is 0. The molecule has 0 bridgehead atoms. The Morgan fingerprint density at radius 2 is 1.54 bits per heavy atom. The summed E-state index contributed by atoms with van der Waals surface area (Å²) in [5.41, 5.74) is 2.12. The van der Waals surface area contributed by atoms with E-state index < -0.39 is 0 Å². The van der Waals surface area contributed by atoms with Crippen molar-refractivity contribution < 1.29 is 14.3 Å². The van der Waals surface area contributed by atoms with E-state index in [9.17, 15) is 9.59 Å². The fraction of sp³-hybridized carbons (Fsp3) is 0.875. The normalized spacial score (nSPS) is 50.1. The van der Waals surface area contributed by atoms with Gasteiger partial charge in [0, 0.05) is 18.3 Å². The Hall–Kier alpha value is -1.12. The van der Waals surface area contributed by atoms with E-state index >= 15 is 0 Å². The third-order valence-corrected chi connectivity index (χ3v) is 13.0. The van der Waals surface area contributed by atoms with Crippen LogP contribution in [0.25, 0.3) is 0 Å². The lowest BCUT2D eigenvalue weighted by Crippen LogP contribution is -2.66. The Morgan fingerprint density at radius 3 is 2.20 bits per heavy atom. The van der Waals surface area contributed by atoms with Crippen LogP contribution in [-0.2, 0) is 14.3 Å². The molecule has 4 fully saturated rings. The molecule has 3 heteroatoms. The van der Waals surface area contributed by atoms with Gasteiger partial charge in [-0.2, -0.15) is 0 Å². The lowest BCUT2D eigenvalue weighted by molar-refractivity contribution is -0.210. The molecule has 0 spiro atoms. The molecule has 0 N–H and O–H groups in total. The Labute approximate surface area is 214 Å². The van der Waals surface area contributed by atoms with Gasteiger partial charge >= 0.3 is 5.97 Å². The van der Waals surface area contributed by atoms with E-state index in [0.717, 1.165) is 25.7 Å². The minimum atomic E-state index is -0.179. The lowest BCUT2D eigenvalue weighted by atomic mass is 9.33. The summed E-state index contributed by atoms with van der Waals surface area (Å²) >= 11 is 0. The van der Waals surface area contributed by atoms with E-state index in [1.165, 1.54) is 44.6 Å². The average molecular weight is 483 g/mol. The summed E-state index contributed by atoms with van der Waals surface area (Å²) in [5, 5.41) is 0. The molecule has 5 rings (SSSR count). The molecule has 196 valence electrons. The maximum absolute atomic E-state index is 14.3. The standard InChI is InChI=1S/C32H50O3/c1-20(33)35-25-11-12-30(7)24(28(25,4)5)10-13-32(9)26(30)23(34)18-21-22-19-27(2,3)14-15-29(22,6)16-17-31(21,32)8/h18,22,24-26H,10-17,19H2,1-9H3. The van der Waals surface area contributed by atoms with Gasteiger partial charge in [0.2, 0.25) is 0 Å². The van der Waals surface area contributed by atoms with Gasteiger partial charge in [-0.3, -0.25) is 9.59 Å². The molecule has 0 aromatic rings. The third-order valence-electron chi connectivity index (χ3n) is 13.0. The smallest absolute Gasteiger partial charge is 0.302 e. The number of hydrogen-bond donors (Lipinski definition) is 0. The molecular formula is C32H50O3. The van der Waals surface area contributed by atoms with Crippen LogP contribution in [0.1, 0.15) is 120 Å². The molecule has 0 saturated heterocycles. The molecule has 8 atom stereocenters. The van der Waals surface area contributed by atoms with Crippen LogP contribution >= 0.6 is 0 Å². The summed E-state index contributed by atoms with van der Waals surface area (Å²) in [6.07, 6.45) is 12.5. The van der Waals surface area contributed by atoms with Crippen LogP contribution in [0.3, 0.4) is 0 Å². The zero-order valence-corrected chi connectivity index (χ0v) is 24.0.